The third-order valence-electron chi connectivity index (χ3n) is 5.52. The maximum absolute atomic E-state index is 13.0. The van der Waals surface area contributed by atoms with Gasteiger partial charge in [-0.3, -0.25) is 14.5 Å². The van der Waals surface area contributed by atoms with Crippen molar-refractivity contribution in [3.63, 3.8) is 0 Å². The van der Waals surface area contributed by atoms with E-state index in [0.717, 1.165) is 5.76 Å². The van der Waals surface area contributed by atoms with Crippen LogP contribution in [0.4, 0.5) is 5.69 Å². The Morgan fingerprint density at radius 2 is 1.90 bits per heavy atom. The van der Waals surface area contributed by atoms with E-state index in [2.05, 4.69) is 5.32 Å². The number of carbonyl (C=O) groups excluding carboxylic acids is 2. The molecule has 31 heavy (non-hydrogen) atoms. The second-order valence-electron chi connectivity index (χ2n) is 7.65. The average molecular weight is 448 g/mol. The van der Waals surface area contributed by atoms with Gasteiger partial charge in [-0.1, -0.05) is 0 Å². The normalized spacial score (nSPS) is 19.3. The summed E-state index contributed by atoms with van der Waals surface area (Å²) in [5.41, 5.74) is 1.21. The average Bonchev–Trinajstić information content (AvgIpc) is 3.35. The fourth-order valence-electron chi connectivity index (χ4n) is 4.00. The van der Waals surface area contributed by atoms with Crippen LogP contribution in [0, 0.1) is 6.92 Å². The van der Waals surface area contributed by atoms with Crippen molar-refractivity contribution < 1.29 is 27.2 Å². The molecule has 0 unspecified atom stereocenters. The SMILES string of the molecule is CC(=O)N1c2ccc(S(=O)(=O)N3CCOCC3)cc2C[C@H]1C(=O)NCc1ccc(C)o1. The predicted octanol–water partition coefficient (Wildman–Crippen LogP) is 1.20. The van der Waals surface area contributed by atoms with Gasteiger partial charge >= 0.3 is 0 Å². The molecule has 0 spiro atoms. The molecule has 3 heterocycles. The Balaban J connectivity index is 1.55. The molecule has 1 saturated heterocycles. The lowest BCUT2D eigenvalue weighted by Crippen LogP contribution is -2.47. The molecule has 0 bridgehead atoms. The number of furan rings is 1. The van der Waals surface area contributed by atoms with Crippen molar-refractivity contribution in [2.45, 2.75) is 37.8 Å². The van der Waals surface area contributed by atoms with Crippen LogP contribution in [0.15, 0.2) is 39.6 Å². The summed E-state index contributed by atoms with van der Waals surface area (Å²) in [4.78, 5) is 26.7. The van der Waals surface area contributed by atoms with Crippen LogP contribution in [0.3, 0.4) is 0 Å². The van der Waals surface area contributed by atoms with Crippen molar-refractivity contribution in [1.82, 2.24) is 9.62 Å². The highest BCUT2D eigenvalue weighted by Crippen LogP contribution is 2.35. The number of sulfonamides is 1. The Bertz CT molecular complexity index is 1100. The minimum Gasteiger partial charge on any atom is -0.465 e. The van der Waals surface area contributed by atoms with E-state index in [-0.39, 0.29) is 29.7 Å². The van der Waals surface area contributed by atoms with Gasteiger partial charge in [0.15, 0.2) is 0 Å². The zero-order valence-electron chi connectivity index (χ0n) is 17.5. The first-order chi connectivity index (χ1) is 14.8. The smallest absolute Gasteiger partial charge is 0.243 e. The van der Waals surface area contributed by atoms with Crippen molar-refractivity contribution in [2.24, 2.45) is 0 Å². The Hall–Kier alpha value is -2.69. The Kier molecular flexibility index (Phi) is 5.87. The molecule has 1 aromatic carbocycles. The summed E-state index contributed by atoms with van der Waals surface area (Å²) in [5.74, 6) is 0.765. The fraction of sp³-hybridized carbons (Fsp3) is 0.429. The molecule has 0 aliphatic carbocycles. The molecule has 4 rings (SSSR count). The van der Waals surface area contributed by atoms with Crippen molar-refractivity contribution >= 4 is 27.5 Å². The van der Waals surface area contributed by atoms with Gasteiger partial charge in [-0.2, -0.15) is 4.31 Å². The molecule has 2 aliphatic heterocycles. The molecule has 1 fully saturated rings. The van der Waals surface area contributed by atoms with E-state index < -0.39 is 16.1 Å². The molecule has 2 amide bonds. The summed E-state index contributed by atoms with van der Waals surface area (Å²) < 4.78 is 38.1. The van der Waals surface area contributed by atoms with E-state index in [1.54, 1.807) is 18.2 Å². The minimum absolute atomic E-state index is 0.156. The van der Waals surface area contributed by atoms with E-state index >= 15 is 0 Å². The number of amides is 2. The molecule has 10 heteroatoms. The molecule has 1 atom stereocenters. The summed E-state index contributed by atoms with van der Waals surface area (Å²) in [5, 5.41) is 2.80. The first kappa shape index (κ1) is 21.5. The number of aryl methyl sites for hydroxylation is 1. The zero-order chi connectivity index (χ0) is 22.2. The monoisotopic (exact) mass is 447 g/mol. The molecule has 2 aliphatic rings. The lowest BCUT2D eigenvalue weighted by Gasteiger charge is -2.26. The predicted molar refractivity (Wildman–Crippen MR) is 112 cm³/mol. The van der Waals surface area contributed by atoms with Gasteiger partial charge in [0, 0.05) is 32.1 Å². The van der Waals surface area contributed by atoms with Gasteiger partial charge in [0.25, 0.3) is 0 Å². The number of benzene rings is 1. The van der Waals surface area contributed by atoms with Crippen LogP contribution in [0.2, 0.25) is 0 Å². The standard InChI is InChI=1S/C21H25N3O6S/c1-14-3-4-17(30-14)13-22-21(26)20-12-16-11-18(5-6-19(16)24(20)15(2)25)31(27,28)23-7-9-29-10-8-23/h3-6,11,20H,7-10,12-13H2,1-2H3,(H,22,26)/t20-/m0/s1. The molecule has 1 N–H and O–H groups in total. The highest BCUT2D eigenvalue weighted by Gasteiger charge is 2.38. The lowest BCUT2D eigenvalue weighted by molar-refractivity contribution is -0.125. The number of anilines is 1. The number of nitrogens with one attached hydrogen (secondary N) is 1. The number of hydrogen-bond donors (Lipinski definition) is 1. The highest BCUT2D eigenvalue weighted by molar-refractivity contribution is 7.89. The van der Waals surface area contributed by atoms with E-state index in [4.69, 9.17) is 9.15 Å². The fourth-order valence-corrected chi connectivity index (χ4v) is 5.45. The number of nitrogens with zero attached hydrogens (tertiary/aromatic N) is 2. The number of rotatable bonds is 5. The quantitative estimate of drug-likeness (QED) is 0.738. The summed E-state index contributed by atoms with van der Waals surface area (Å²) in [7, 11) is -3.67. The summed E-state index contributed by atoms with van der Waals surface area (Å²) in [6.07, 6.45) is 0.240. The molecule has 1 aromatic heterocycles. The van der Waals surface area contributed by atoms with Gasteiger partial charge in [-0.15, -0.1) is 0 Å². The van der Waals surface area contributed by atoms with Crippen LogP contribution in [-0.2, 0) is 37.3 Å². The Morgan fingerprint density at radius 1 is 1.16 bits per heavy atom. The van der Waals surface area contributed by atoms with Crippen LogP contribution in [0.1, 0.15) is 24.0 Å². The van der Waals surface area contributed by atoms with Crippen LogP contribution in [0.25, 0.3) is 0 Å². The number of fused-ring (bicyclic) bond motifs is 1. The topological polar surface area (TPSA) is 109 Å². The molecule has 9 nitrogen and oxygen atoms in total. The molecular weight excluding hydrogens is 422 g/mol. The second-order valence-corrected chi connectivity index (χ2v) is 9.58. The lowest BCUT2D eigenvalue weighted by atomic mass is 10.1. The van der Waals surface area contributed by atoms with Gasteiger partial charge in [0.1, 0.15) is 17.6 Å². The van der Waals surface area contributed by atoms with Gasteiger partial charge in [-0.05, 0) is 42.8 Å². The number of morpholine rings is 1. The van der Waals surface area contributed by atoms with Crippen molar-refractivity contribution in [1.29, 1.82) is 0 Å². The summed E-state index contributed by atoms with van der Waals surface area (Å²) in [6, 6.07) is 7.51. The first-order valence-corrected chi connectivity index (χ1v) is 11.5. The van der Waals surface area contributed by atoms with E-state index in [1.807, 2.05) is 13.0 Å². The summed E-state index contributed by atoms with van der Waals surface area (Å²) in [6.45, 7) is 4.75. The third kappa shape index (κ3) is 4.23. The molecule has 2 aromatic rings. The van der Waals surface area contributed by atoms with Gasteiger partial charge in [0.05, 0.1) is 24.7 Å². The third-order valence-corrected chi connectivity index (χ3v) is 7.41. The van der Waals surface area contributed by atoms with Crippen molar-refractivity contribution in [3.8, 4) is 0 Å². The second kappa shape index (κ2) is 8.45. The van der Waals surface area contributed by atoms with Crippen LogP contribution in [-0.4, -0.2) is 56.9 Å². The summed E-state index contributed by atoms with van der Waals surface area (Å²) >= 11 is 0. The van der Waals surface area contributed by atoms with Crippen molar-refractivity contribution in [2.75, 3.05) is 31.2 Å². The zero-order valence-corrected chi connectivity index (χ0v) is 18.3. The van der Waals surface area contributed by atoms with Crippen molar-refractivity contribution in [3.05, 3.63) is 47.4 Å². The van der Waals surface area contributed by atoms with E-state index in [9.17, 15) is 18.0 Å². The van der Waals surface area contributed by atoms with Crippen LogP contribution in [0.5, 0.6) is 0 Å². The Morgan fingerprint density at radius 3 is 2.55 bits per heavy atom. The number of hydrogen-bond acceptors (Lipinski definition) is 6. The van der Waals surface area contributed by atoms with Gasteiger partial charge in [0.2, 0.25) is 21.8 Å². The minimum atomic E-state index is -3.67. The maximum Gasteiger partial charge on any atom is 0.243 e. The van der Waals surface area contributed by atoms with Gasteiger partial charge in [-0.25, -0.2) is 8.42 Å². The Labute approximate surface area is 181 Å². The van der Waals surface area contributed by atoms with Gasteiger partial charge < -0.3 is 14.5 Å². The van der Waals surface area contributed by atoms with Crippen LogP contribution >= 0.6 is 0 Å². The molecular formula is C21H25N3O6S. The molecule has 0 saturated carbocycles. The number of ether oxygens (including phenoxy) is 1. The first-order valence-electron chi connectivity index (χ1n) is 10.1. The number of carbonyl (C=O) groups is 2. The molecule has 166 valence electrons. The van der Waals surface area contributed by atoms with E-state index in [0.29, 0.717) is 43.3 Å². The highest BCUT2D eigenvalue weighted by atomic mass is 32.2. The largest absolute Gasteiger partial charge is 0.465 e. The van der Waals surface area contributed by atoms with Crippen LogP contribution < -0.4 is 10.2 Å². The molecule has 0 radical (unpaired) electrons. The maximum atomic E-state index is 13.0. The van der Waals surface area contributed by atoms with E-state index in [1.165, 1.54) is 22.2 Å².